The summed E-state index contributed by atoms with van der Waals surface area (Å²) in [6, 6.07) is 6.49. The molecule has 0 aliphatic rings. The lowest BCUT2D eigenvalue weighted by Crippen LogP contribution is -2.17. The van der Waals surface area contributed by atoms with Gasteiger partial charge in [0.15, 0.2) is 11.6 Å². The second kappa shape index (κ2) is 6.93. The summed E-state index contributed by atoms with van der Waals surface area (Å²) >= 11 is 0. The van der Waals surface area contributed by atoms with Gasteiger partial charge in [0, 0.05) is 17.5 Å². The molecule has 2 rings (SSSR count). The molecule has 0 atom stereocenters. The predicted molar refractivity (Wildman–Crippen MR) is 80.9 cm³/mol. The third-order valence-corrected chi connectivity index (χ3v) is 3.70. The molecule has 8 heteroatoms. The number of hydrogen-bond acceptors (Lipinski definition) is 2. The number of rotatable bonds is 4. The van der Waals surface area contributed by atoms with Crippen molar-refractivity contribution in [3.63, 3.8) is 0 Å². The first-order chi connectivity index (χ1) is 11.9. The molecule has 0 aliphatic heterocycles. The van der Waals surface area contributed by atoms with Crippen molar-refractivity contribution in [2.75, 3.05) is 0 Å². The molecule has 0 heterocycles. The average molecular weight is 374 g/mol. The van der Waals surface area contributed by atoms with Gasteiger partial charge in [0.25, 0.3) is 0 Å². The molecule has 0 radical (unpaired) electrons. The first-order valence-electron chi connectivity index (χ1n) is 7.31. The molecule has 0 N–H and O–H groups in total. The van der Waals surface area contributed by atoms with Gasteiger partial charge in [0.1, 0.15) is 0 Å². The number of carbonyl (C=O) groups is 2. The first kappa shape index (κ1) is 19.7. The Hall–Kier alpha value is -2.64. The first-order valence-corrected chi connectivity index (χ1v) is 7.31. The van der Waals surface area contributed by atoms with Crippen LogP contribution in [0.5, 0.6) is 0 Å². The lowest BCUT2D eigenvalue weighted by molar-refractivity contribution is -0.139. The Bertz CT molecular complexity index is 832. The van der Waals surface area contributed by atoms with E-state index < -0.39 is 52.6 Å². The largest absolute Gasteiger partial charge is 0.417 e. The van der Waals surface area contributed by atoms with E-state index in [4.69, 9.17) is 0 Å². The van der Waals surface area contributed by atoms with E-state index >= 15 is 0 Å². The van der Waals surface area contributed by atoms with Crippen molar-refractivity contribution >= 4 is 11.6 Å². The van der Waals surface area contributed by atoms with Gasteiger partial charge in [-0.3, -0.25) is 9.59 Å². The Kier molecular flexibility index (Phi) is 5.25. The lowest BCUT2D eigenvalue weighted by atomic mass is 9.93. The highest BCUT2D eigenvalue weighted by molar-refractivity contribution is 5.99. The van der Waals surface area contributed by atoms with Gasteiger partial charge in [0.2, 0.25) is 0 Å². The summed E-state index contributed by atoms with van der Waals surface area (Å²) in [6.45, 7) is 0.978. The van der Waals surface area contributed by atoms with Crippen molar-refractivity contribution in [1.29, 1.82) is 0 Å². The highest BCUT2D eigenvalue weighted by Crippen LogP contribution is 2.36. The van der Waals surface area contributed by atoms with Crippen LogP contribution in [-0.4, -0.2) is 11.6 Å². The normalized spacial score (nSPS) is 12.1. The molecule has 0 unspecified atom stereocenters. The predicted octanol–water partition coefficient (Wildman–Crippen LogP) is 5.35. The Labute approximate surface area is 144 Å². The summed E-state index contributed by atoms with van der Waals surface area (Å²) in [7, 11) is 0. The van der Waals surface area contributed by atoms with Crippen LogP contribution in [0, 0.1) is 0 Å². The van der Waals surface area contributed by atoms with Crippen LogP contribution in [0.2, 0.25) is 0 Å². The summed E-state index contributed by atoms with van der Waals surface area (Å²) < 4.78 is 77.5. The van der Waals surface area contributed by atoms with Crippen molar-refractivity contribution in [3.05, 3.63) is 70.3 Å². The molecule has 2 aromatic rings. The fourth-order valence-electron chi connectivity index (χ4n) is 2.50. The van der Waals surface area contributed by atoms with Crippen molar-refractivity contribution < 1.29 is 35.9 Å². The minimum atomic E-state index is -4.85. The van der Waals surface area contributed by atoms with Gasteiger partial charge in [-0.1, -0.05) is 30.3 Å². The summed E-state index contributed by atoms with van der Waals surface area (Å²) in [6.07, 6.45) is -10.1. The number of hydrogen-bond donors (Lipinski definition) is 0. The van der Waals surface area contributed by atoms with E-state index in [0.29, 0.717) is 12.1 Å². The summed E-state index contributed by atoms with van der Waals surface area (Å²) in [5, 5.41) is 0. The van der Waals surface area contributed by atoms with Crippen LogP contribution in [0.4, 0.5) is 26.3 Å². The fourth-order valence-corrected chi connectivity index (χ4v) is 2.50. The zero-order chi connectivity index (χ0) is 19.7. The summed E-state index contributed by atoms with van der Waals surface area (Å²) in [4.78, 5) is 23.7. The topological polar surface area (TPSA) is 34.1 Å². The summed E-state index contributed by atoms with van der Waals surface area (Å²) in [5.74, 6) is -1.59. The van der Waals surface area contributed by atoms with Gasteiger partial charge in [-0.15, -0.1) is 0 Å². The SMILES string of the molecule is CC(=O)c1cccc(CC(=O)c2ccc(C(F)(F)F)cc2)c1C(F)(F)F. The minimum absolute atomic E-state index is 0.153. The third-order valence-electron chi connectivity index (χ3n) is 3.70. The Balaban J connectivity index is 2.38. The van der Waals surface area contributed by atoms with Crippen molar-refractivity contribution in [2.24, 2.45) is 0 Å². The molecule has 0 saturated carbocycles. The van der Waals surface area contributed by atoms with Gasteiger partial charge >= 0.3 is 12.4 Å². The maximum Gasteiger partial charge on any atom is 0.417 e. The zero-order valence-electron chi connectivity index (χ0n) is 13.3. The molecular weight excluding hydrogens is 362 g/mol. The number of carbonyl (C=O) groups excluding carboxylic acids is 2. The van der Waals surface area contributed by atoms with Gasteiger partial charge in [0.05, 0.1) is 11.1 Å². The van der Waals surface area contributed by atoms with E-state index in [9.17, 15) is 35.9 Å². The lowest BCUT2D eigenvalue weighted by Gasteiger charge is -2.16. The average Bonchev–Trinajstić information content (AvgIpc) is 2.52. The van der Waals surface area contributed by atoms with E-state index in [1.54, 1.807) is 0 Å². The molecule has 0 saturated heterocycles. The van der Waals surface area contributed by atoms with E-state index in [0.717, 1.165) is 31.2 Å². The van der Waals surface area contributed by atoms with Gasteiger partial charge in [-0.25, -0.2) is 0 Å². The van der Waals surface area contributed by atoms with Gasteiger partial charge in [-0.05, 0) is 24.6 Å². The molecule has 26 heavy (non-hydrogen) atoms. The number of alkyl halides is 6. The maximum absolute atomic E-state index is 13.3. The van der Waals surface area contributed by atoms with E-state index in [1.165, 1.54) is 6.07 Å². The van der Waals surface area contributed by atoms with Crippen LogP contribution in [-0.2, 0) is 18.8 Å². The molecule has 2 aromatic carbocycles. The number of halogens is 6. The highest BCUT2D eigenvalue weighted by atomic mass is 19.4. The number of Topliss-reactive ketones (excluding diaryl/α,β-unsaturated/α-hetero) is 2. The van der Waals surface area contributed by atoms with Crippen molar-refractivity contribution in [2.45, 2.75) is 25.7 Å². The molecular formula is C18H12F6O2. The molecule has 0 aliphatic carbocycles. The van der Waals surface area contributed by atoms with E-state index in [-0.39, 0.29) is 5.56 Å². The number of ketones is 2. The Morgan fingerprint density at radius 2 is 1.42 bits per heavy atom. The molecule has 2 nitrogen and oxygen atoms in total. The molecule has 0 spiro atoms. The standard InChI is InChI=1S/C18H12F6O2/c1-10(25)14-4-2-3-12(16(14)18(22,23)24)9-15(26)11-5-7-13(8-6-11)17(19,20)21/h2-8H,9H2,1H3. The van der Waals surface area contributed by atoms with E-state index in [1.807, 2.05) is 0 Å². The van der Waals surface area contributed by atoms with Crippen molar-refractivity contribution in [1.82, 2.24) is 0 Å². The monoisotopic (exact) mass is 374 g/mol. The molecule has 0 bridgehead atoms. The number of benzene rings is 2. The van der Waals surface area contributed by atoms with Gasteiger partial charge in [-0.2, -0.15) is 26.3 Å². The van der Waals surface area contributed by atoms with Gasteiger partial charge < -0.3 is 0 Å². The van der Waals surface area contributed by atoms with Crippen LogP contribution in [0.25, 0.3) is 0 Å². The highest BCUT2D eigenvalue weighted by Gasteiger charge is 2.37. The fraction of sp³-hybridized carbons (Fsp3) is 0.222. The quantitative estimate of drug-likeness (QED) is 0.534. The van der Waals surface area contributed by atoms with E-state index in [2.05, 4.69) is 0 Å². The minimum Gasteiger partial charge on any atom is -0.294 e. The molecule has 0 fully saturated rings. The van der Waals surface area contributed by atoms with Crippen LogP contribution >= 0.6 is 0 Å². The second-order valence-electron chi connectivity index (χ2n) is 5.57. The van der Waals surface area contributed by atoms with Crippen molar-refractivity contribution in [3.8, 4) is 0 Å². The smallest absolute Gasteiger partial charge is 0.294 e. The Morgan fingerprint density at radius 1 is 0.846 bits per heavy atom. The van der Waals surface area contributed by atoms with Crippen LogP contribution < -0.4 is 0 Å². The molecule has 138 valence electrons. The summed E-state index contributed by atoms with van der Waals surface area (Å²) in [5.41, 5.74) is -3.29. The Morgan fingerprint density at radius 3 is 1.88 bits per heavy atom. The molecule has 0 amide bonds. The zero-order valence-corrected chi connectivity index (χ0v) is 13.3. The van der Waals surface area contributed by atoms with Crippen LogP contribution in [0.3, 0.4) is 0 Å². The maximum atomic E-state index is 13.3. The van der Waals surface area contributed by atoms with Crippen LogP contribution in [0.1, 0.15) is 44.3 Å². The second-order valence-corrected chi connectivity index (χ2v) is 5.57. The van der Waals surface area contributed by atoms with Crippen LogP contribution in [0.15, 0.2) is 42.5 Å². The molecule has 0 aromatic heterocycles. The third kappa shape index (κ3) is 4.30.